The van der Waals surface area contributed by atoms with Gasteiger partial charge in [0.05, 0.1) is 23.3 Å². The van der Waals surface area contributed by atoms with E-state index in [1.165, 1.54) is 12.8 Å². The Morgan fingerprint density at radius 2 is 1.93 bits per heavy atom. The fourth-order valence-electron chi connectivity index (χ4n) is 4.42. The molecule has 0 aromatic heterocycles. The lowest BCUT2D eigenvalue weighted by atomic mass is 9.84. The van der Waals surface area contributed by atoms with Gasteiger partial charge in [-0.15, -0.1) is 23.5 Å². The first-order chi connectivity index (χ1) is 13.5. The van der Waals surface area contributed by atoms with E-state index in [1.807, 2.05) is 0 Å². The van der Waals surface area contributed by atoms with Crippen LogP contribution in [0.5, 0.6) is 0 Å². The van der Waals surface area contributed by atoms with Gasteiger partial charge in [-0.05, 0) is 57.1 Å². The van der Waals surface area contributed by atoms with E-state index in [9.17, 15) is 14.4 Å². The summed E-state index contributed by atoms with van der Waals surface area (Å²) in [6.45, 7) is 1.91. The second-order valence-corrected chi connectivity index (χ2v) is 10.8. The quantitative estimate of drug-likeness (QED) is 0.618. The Morgan fingerprint density at radius 3 is 2.68 bits per heavy atom. The van der Waals surface area contributed by atoms with Gasteiger partial charge in [0.1, 0.15) is 0 Å². The molecule has 2 aliphatic carbocycles. The Balaban J connectivity index is 1.28. The first-order valence-corrected chi connectivity index (χ1v) is 12.4. The molecule has 4 rings (SSSR count). The van der Waals surface area contributed by atoms with Crippen LogP contribution in [0.15, 0.2) is 0 Å². The minimum atomic E-state index is -0.720. The summed E-state index contributed by atoms with van der Waals surface area (Å²) < 4.78 is 4.78. The third-order valence-electron chi connectivity index (χ3n) is 6.12. The molecule has 6 unspecified atom stereocenters. The maximum atomic E-state index is 12.9. The van der Waals surface area contributed by atoms with Crippen LogP contribution in [0.1, 0.15) is 45.4 Å². The summed E-state index contributed by atoms with van der Waals surface area (Å²) in [5.74, 6) is 0.919. The zero-order valence-corrected chi connectivity index (χ0v) is 17.8. The Morgan fingerprint density at radius 1 is 1.11 bits per heavy atom. The van der Waals surface area contributed by atoms with E-state index in [2.05, 4.69) is 27.7 Å². The minimum Gasteiger partial charge on any atom is -0.450 e. The van der Waals surface area contributed by atoms with E-state index in [0.29, 0.717) is 23.1 Å². The number of rotatable bonds is 5. The minimum absolute atomic E-state index is 0.00210. The van der Waals surface area contributed by atoms with Crippen LogP contribution in [0.25, 0.3) is 0 Å². The maximum Gasteiger partial charge on any atom is 0.413 e. The summed E-state index contributed by atoms with van der Waals surface area (Å²) in [4.78, 5) is 36.8. The molecule has 4 aliphatic rings. The van der Waals surface area contributed by atoms with Crippen molar-refractivity contribution in [3.8, 4) is 0 Å². The molecule has 2 saturated carbocycles. The fraction of sp³-hybridized carbons (Fsp3) is 0.842. The van der Waals surface area contributed by atoms with Crippen molar-refractivity contribution in [2.24, 2.45) is 17.8 Å². The van der Waals surface area contributed by atoms with Crippen LogP contribution in [0.3, 0.4) is 0 Å². The van der Waals surface area contributed by atoms with Gasteiger partial charge < -0.3 is 15.4 Å². The zero-order valence-electron chi connectivity index (χ0n) is 16.1. The van der Waals surface area contributed by atoms with Crippen LogP contribution in [0.4, 0.5) is 4.79 Å². The van der Waals surface area contributed by atoms with E-state index in [0.717, 1.165) is 30.9 Å². The summed E-state index contributed by atoms with van der Waals surface area (Å²) in [5.41, 5.74) is 0. The molecule has 0 radical (unpaired) electrons. The molecule has 0 bridgehead atoms. The largest absolute Gasteiger partial charge is 0.450 e. The number of fused-ring (bicyclic) bond motifs is 1. The molecule has 28 heavy (non-hydrogen) atoms. The number of imide groups is 1. The normalized spacial score (nSPS) is 37.2. The third-order valence-corrected chi connectivity index (χ3v) is 9.13. The topological polar surface area (TPSA) is 96.5 Å². The van der Waals surface area contributed by atoms with Crippen LogP contribution in [-0.2, 0) is 14.3 Å². The van der Waals surface area contributed by atoms with Crippen LogP contribution >= 0.6 is 23.5 Å². The standard InChI is InChI=1S/C19H29N3O4S2/c1-2-26-19(25)22-16(24)12-7-8-27-18(12)21-15(23)11-5-6-14-13(9-11)20-17(28-14)10-3-4-10/h10-14,17-18,20H,2-9H2,1H3,(H,21,23)(H,22,24,25). The summed E-state index contributed by atoms with van der Waals surface area (Å²) in [6, 6.07) is 0.430. The predicted octanol–water partition coefficient (Wildman–Crippen LogP) is 2.06. The predicted molar refractivity (Wildman–Crippen MR) is 110 cm³/mol. The average Bonchev–Trinajstić information content (AvgIpc) is 3.26. The summed E-state index contributed by atoms with van der Waals surface area (Å²) in [6.07, 6.45) is 5.47. The molecular weight excluding hydrogens is 398 g/mol. The van der Waals surface area contributed by atoms with Crippen LogP contribution in [0, 0.1) is 17.8 Å². The average molecular weight is 428 g/mol. The number of carbonyl (C=O) groups is 3. The van der Waals surface area contributed by atoms with E-state index >= 15 is 0 Å². The number of thioether (sulfide) groups is 2. The molecule has 6 atom stereocenters. The molecule has 0 aromatic rings. The van der Waals surface area contributed by atoms with Crippen LogP contribution < -0.4 is 16.0 Å². The van der Waals surface area contributed by atoms with Crippen molar-refractivity contribution < 1.29 is 19.1 Å². The first kappa shape index (κ1) is 20.3. The molecule has 156 valence electrons. The number of hydrogen-bond acceptors (Lipinski definition) is 7. The number of amides is 3. The summed E-state index contributed by atoms with van der Waals surface area (Å²) >= 11 is 3.66. The number of nitrogens with one attached hydrogen (secondary N) is 3. The number of hydrogen-bond donors (Lipinski definition) is 3. The molecule has 0 spiro atoms. The van der Waals surface area contributed by atoms with Gasteiger partial charge in [0.15, 0.2) is 0 Å². The van der Waals surface area contributed by atoms with Crippen LogP contribution in [-0.4, -0.2) is 52.3 Å². The molecule has 4 fully saturated rings. The van der Waals surface area contributed by atoms with Crippen LogP contribution in [0.2, 0.25) is 0 Å². The highest BCUT2D eigenvalue weighted by molar-refractivity contribution is 8.00. The second-order valence-electron chi connectivity index (χ2n) is 8.12. The molecule has 9 heteroatoms. The number of carbonyl (C=O) groups excluding carboxylic acids is 3. The number of alkyl carbamates (subject to hydrolysis) is 1. The first-order valence-electron chi connectivity index (χ1n) is 10.4. The van der Waals surface area contributed by atoms with Crippen molar-refractivity contribution in [2.75, 3.05) is 12.4 Å². The molecule has 2 saturated heterocycles. The van der Waals surface area contributed by atoms with E-state index in [4.69, 9.17) is 4.74 Å². The lowest BCUT2D eigenvalue weighted by Gasteiger charge is -2.31. The SMILES string of the molecule is CCOC(=O)NC(=O)C1CCSC1NC(=O)C1CCC2SC(C3CC3)NC2C1. The highest BCUT2D eigenvalue weighted by Gasteiger charge is 2.46. The molecule has 3 N–H and O–H groups in total. The van der Waals surface area contributed by atoms with Crippen molar-refractivity contribution >= 4 is 41.4 Å². The lowest BCUT2D eigenvalue weighted by molar-refractivity contribution is -0.127. The summed E-state index contributed by atoms with van der Waals surface area (Å²) in [7, 11) is 0. The Bertz CT molecular complexity index is 630. The smallest absolute Gasteiger partial charge is 0.413 e. The lowest BCUT2D eigenvalue weighted by Crippen LogP contribution is -2.48. The molecule has 7 nitrogen and oxygen atoms in total. The molecule has 2 aliphatic heterocycles. The molecule has 3 amide bonds. The highest BCUT2D eigenvalue weighted by atomic mass is 32.2. The van der Waals surface area contributed by atoms with E-state index < -0.39 is 12.0 Å². The van der Waals surface area contributed by atoms with Gasteiger partial charge in [-0.3, -0.25) is 14.9 Å². The van der Waals surface area contributed by atoms with Gasteiger partial charge in [-0.2, -0.15) is 0 Å². The van der Waals surface area contributed by atoms with Gasteiger partial charge in [-0.1, -0.05) is 0 Å². The van der Waals surface area contributed by atoms with E-state index in [1.54, 1.807) is 18.7 Å². The molecular formula is C19H29N3O4S2. The van der Waals surface area contributed by atoms with Gasteiger partial charge in [0, 0.05) is 17.2 Å². The summed E-state index contributed by atoms with van der Waals surface area (Å²) in [5, 5.41) is 10.1. The van der Waals surface area contributed by atoms with Crippen molar-refractivity contribution in [3.05, 3.63) is 0 Å². The molecule has 0 aromatic carbocycles. The van der Waals surface area contributed by atoms with Crippen molar-refractivity contribution in [3.63, 3.8) is 0 Å². The van der Waals surface area contributed by atoms with Crippen molar-refractivity contribution in [1.29, 1.82) is 0 Å². The van der Waals surface area contributed by atoms with Crippen molar-refractivity contribution in [2.45, 2.75) is 67.5 Å². The Hall–Kier alpha value is -0.930. The fourth-order valence-corrected chi connectivity index (χ4v) is 7.53. The maximum absolute atomic E-state index is 12.9. The third kappa shape index (κ3) is 4.62. The Labute approximate surface area is 174 Å². The zero-order chi connectivity index (χ0) is 19.7. The van der Waals surface area contributed by atoms with Gasteiger partial charge in [-0.25, -0.2) is 4.79 Å². The highest BCUT2D eigenvalue weighted by Crippen LogP contribution is 2.47. The monoisotopic (exact) mass is 427 g/mol. The van der Waals surface area contributed by atoms with E-state index in [-0.39, 0.29) is 29.7 Å². The second kappa shape index (κ2) is 8.83. The Kier molecular flexibility index (Phi) is 6.42. The van der Waals surface area contributed by atoms with Gasteiger partial charge in [0.25, 0.3) is 0 Å². The number of ether oxygens (including phenoxy) is 1. The van der Waals surface area contributed by atoms with Crippen molar-refractivity contribution in [1.82, 2.24) is 16.0 Å². The van der Waals surface area contributed by atoms with Gasteiger partial charge >= 0.3 is 6.09 Å². The van der Waals surface area contributed by atoms with Gasteiger partial charge in [0.2, 0.25) is 11.8 Å². The molecule has 2 heterocycles.